The molecule has 0 radical (unpaired) electrons. The molecule has 0 saturated heterocycles. The van der Waals surface area contributed by atoms with Gasteiger partial charge in [-0.25, -0.2) is 0 Å². The monoisotopic (exact) mass is 284 g/mol. The summed E-state index contributed by atoms with van der Waals surface area (Å²) in [5.41, 5.74) is 5.38. The SMILES string of the molecule is CCCNC1(C(N)=O)CCCC(OCCC(C)(C)C)C1. The Labute approximate surface area is 123 Å². The van der Waals surface area contributed by atoms with Crippen LogP contribution >= 0.6 is 0 Å². The molecule has 0 spiro atoms. The lowest BCUT2D eigenvalue weighted by Crippen LogP contribution is -2.59. The number of hydrogen-bond donors (Lipinski definition) is 2. The summed E-state index contributed by atoms with van der Waals surface area (Å²) >= 11 is 0. The van der Waals surface area contributed by atoms with E-state index in [4.69, 9.17) is 10.5 Å². The van der Waals surface area contributed by atoms with Gasteiger partial charge in [0.1, 0.15) is 5.54 Å². The van der Waals surface area contributed by atoms with Gasteiger partial charge in [0.2, 0.25) is 5.91 Å². The van der Waals surface area contributed by atoms with Gasteiger partial charge in [0, 0.05) is 13.0 Å². The van der Waals surface area contributed by atoms with E-state index in [2.05, 4.69) is 33.0 Å². The minimum absolute atomic E-state index is 0.156. The smallest absolute Gasteiger partial charge is 0.237 e. The molecule has 0 aliphatic heterocycles. The molecule has 1 aliphatic carbocycles. The van der Waals surface area contributed by atoms with E-state index < -0.39 is 5.54 Å². The summed E-state index contributed by atoms with van der Waals surface area (Å²) < 4.78 is 6.00. The Morgan fingerprint density at radius 1 is 1.45 bits per heavy atom. The number of ether oxygens (including phenoxy) is 1. The van der Waals surface area contributed by atoms with Crippen LogP contribution in [0.2, 0.25) is 0 Å². The van der Waals surface area contributed by atoms with E-state index in [1.807, 2.05) is 0 Å². The van der Waals surface area contributed by atoms with Crippen molar-refractivity contribution in [3.05, 3.63) is 0 Å². The van der Waals surface area contributed by atoms with E-state index in [0.717, 1.165) is 45.3 Å². The van der Waals surface area contributed by atoms with Crippen LogP contribution in [0.3, 0.4) is 0 Å². The fourth-order valence-corrected chi connectivity index (χ4v) is 2.73. The van der Waals surface area contributed by atoms with Crippen LogP contribution in [0.15, 0.2) is 0 Å². The van der Waals surface area contributed by atoms with Crippen molar-refractivity contribution in [1.29, 1.82) is 0 Å². The minimum atomic E-state index is -0.555. The van der Waals surface area contributed by atoms with E-state index in [0.29, 0.717) is 6.42 Å². The van der Waals surface area contributed by atoms with Crippen molar-refractivity contribution in [2.75, 3.05) is 13.2 Å². The molecule has 1 rings (SSSR count). The van der Waals surface area contributed by atoms with Crippen molar-refractivity contribution in [1.82, 2.24) is 5.32 Å². The van der Waals surface area contributed by atoms with Crippen molar-refractivity contribution in [3.8, 4) is 0 Å². The number of amides is 1. The third-order valence-corrected chi connectivity index (χ3v) is 4.10. The largest absolute Gasteiger partial charge is 0.378 e. The summed E-state index contributed by atoms with van der Waals surface area (Å²) in [6.07, 6.45) is 5.78. The van der Waals surface area contributed by atoms with Crippen LogP contribution in [0.25, 0.3) is 0 Å². The Morgan fingerprint density at radius 2 is 2.15 bits per heavy atom. The molecular formula is C16H32N2O2. The Kier molecular flexibility index (Phi) is 6.46. The fourth-order valence-electron chi connectivity index (χ4n) is 2.73. The molecule has 4 heteroatoms. The predicted octanol–water partition coefficient (Wildman–Crippen LogP) is 2.61. The Bertz CT molecular complexity index is 312. The summed E-state index contributed by atoms with van der Waals surface area (Å²) in [6.45, 7) is 10.3. The van der Waals surface area contributed by atoms with E-state index >= 15 is 0 Å². The van der Waals surface area contributed by atoms with Crippen LogP contribution in [-0.2, 0) is 9.53 Å². The predicted molar refractivity (Wildman–Crippen MR) is 82.5 cm³/mol. The van der Waals surface area contributed by atoms with Crippen molar-refractivity contribution in [3.63, 3.8) is 0 Å². The lowest BCUT2D eigenvalue weighted by atomic mass is 9.79. The summed E-state index contributed by atoms with van der Waals surface area (Å²) in [5.74, 6) is -0.227. The van der Waals surface area contributed by atoms with Crippen molar-refractivity contribution >= 4 is 5.91 Å². The number of nitrogens with one attached hydrogen (secondary N) is 1. The van der Waals surface area contributed by atoms with Gasteiger partial charge in [0.15, 0.2) is 0 Å². The summed E-state index contributed by atoms with van der Waals surface area (Å²) in [4.78, 5) is 11.9. The van der Waals surface area contributed by atoms with Gasteiger partial charge in [0.05, 0.1) is 6.10 Å². The van der Waals surface area contributed by atoms with Gasteiger partial charge in [-0.2, -0.15) is 0 Å². The molecule has 1 fully saturated rings. The van der Waals surface area contributed by atoms with Gasteiger partial charge in [-0.05, 0) is 44.1 Å². The van der Waals surface area contributed by atoms with Crippen LogP contribution in [0, 0.1) is 5.41 Å². The van der Waals surface area contributed by atoms with Crippen LogP contribution in [0.5, 0.6) is 0 Å². The lowest BCUT2D eigenvalue weighted by Gasteiger charge is -2.39. The molecular weight excluding hydrogens is 252 g/mol. The molecule has 118 valence electrons. The quantitative estimate of drug-likeness (QED) is 0.755. The summed E-state index contributed by atoms with van der Waals surface area (Å²) in [7, 11) is 0. The molecule has 0 heterocycles. The zero-order valence-corrected chi connectivity index (χ0v) is 13.6. The maximum absolute atomic E-state index is 11.9. The van der Waals surface area contributed by atoms with Crippen LogP contribution in [-0.4, -0.2) is 30.7 Å². The van der Waals surface area contributed by atoms with Gasteiger partial charge >= 0.3 is 0 Å². The lowest BCUT2D eigenvalue weighted by molar-refractivity contribution is -0.128. The van der Waals surface area contributed by atoms with Crippen LogP contribution < -0.4 is 11.1 Å². The van der Waals surface area contributed by atoms with Gasteiger partial charge < -0.3 is 15.8 Å². The standard InChI is InChI=1S/C16H32N2O2/c1-5-10-18-16(14(17)19)8-6-7-13(12-16)20-11-9-15(2,3)4/h13,18H,5-12H2,1-4H3,(H2,17,19). The first-order chi connectivity index (χ1) is 9.29. The maximum Gasteiger partial charge on any atom is 0.237 e. The summed E-state index contributed by atoms with van der Waals surface area (Å²) in [5, 5.41) is 3.37. The first kappa shape index (κ1) is 17.4. The average molecular weight is 284 g/mol. The van der Waals surface area contributed by atoms with Crippen molar-refractivity contribution < 1.29 is 9.53 Å². The third-order valence-electron chi connectivity index (χ3n) is 4.10. The maximum atomic E-state index is 11.9. The molecule has 0 aromatic heterocycles. The van der Waals surface area contributed by atoms with E-state index in [1.165, 1.54) is 0 Å². The second-order valence-corrected chi connectivity index (χ2v) is 7.27. The zero-order valence-electron chi connectivity index (χ0n) is 13.6. The number of nitrogens with two attached hydrogens (primary N) is 1. The molecule has 1 saturated carbocycles. The normalized spacial score (nSPS) is 27.5. The number of carbonyl (C=O) groups excluding carboxylic acids is 1. The molecule has 1 aliphatic rings. The van der Waals surface area contributed by atoms with Gasteiger partial charge in [-0.1, -0.05) is 27.7 Å². The molecule has 1 amide bonds. The molecule has 4 nitrogen and oxygen atoms in total. The molecule has 0 aromatic carbocycles. The first-order valence-corrected chi connectivity index (χ1v) is 7.95. The highest BCUT2D eigenvalue weighted by atomic mass is 16.5. The van der Waals surface area contributed by atoms with Gasteiger partial charge in [-0.3, -0.25) is 4.79 Å². The van der Waals surface area contributed by atoms with Crippen LogP contribution in [0.4, 0.5) is 0 Å². The highest BCUT2D eigenvalue weighted by Gasteiger charge is 2.41. The summed E-state index contributed by atoms with van der Waals surface area (Å²) in [6, 6.07) is 0. The Morgan fingerprint density at radius 3 is 2.70 bits per heavy atom. The number of rotatable bonds is 7. The molecule has 3 N–H and O–H groups in total. The highest BCUT2D eigenvalue weighted by Crippen LogP contribution is 2.31. The second kappa shape index (κ2) is 7.41. The third kappa shape index (κ3) is 5.41. The Hall–Kier alpha value is -0.610. The highest BCUT2D eigenvalue weighted by molar-refractivity contribution is 5.84. The van der Waals surface area contributed by atoms with E-state index in [1.54, 1.807) is 0 Å². The average Bonchev–Trinajstić information content (AvgIpc) is 2.35. The molecule has 0 aromatic rings. The van der Waals surface area contributed by atoms with Crippen molar-refractivity contribution in [2.24, 2.45) is 11.1 Å². The van der Waals surface area contributed by atoms with Crippen molar-refractivity contribution in [2.45, 2.75) is 77.9 Å². The van der Waals surface area contributed by atoms with E-state index in [-0.39, 0.29) is 17.4 Å². The van der Waals surface area contributed by atoms with Gasteiger partial charge in [0.25, 0.3) is 0 Å². The second-order valence-electron chi connectivity index (χ2n) is 7.27. The number of carbonyl (C=O) groups is 1. The number of primary amides is 1. The van der Waals surface area contributed by atoms with E-state index in [9.17, 15) is 4.79 Å². The minimum Gasteiger partial charge on any atom is -0.378 e. The fraction of sp³-hybridized carbons (Fsp3) is 0.938. The Balaban J connectivity index is 2.52. The molecule has 0 bridgehead atoms. The number of hydrogen-bond acceptors (Lipinski definition) is 3. The molecule has 2 atom stereocenters. The zero-order chi connectivity index (χ0) is 15.2. The first-order valence-electron chi connectivity index (χ1n) is 7.95. The molecule has 20 heavy (non-hydrogen) atoms. The topological polar surface area (TPSA) is 64.3 Å². The molecule has 2 unspecified atom stereocenters. The van der Waals surface area contributed by atoms with Crippen LogP contribution in [0.1, 0.15) is 66.2 Å². The van der Waals surface area contributed by atoms with Gasteiger partial charge in [-0.15, -0.1) is 0 Å².